The third-order valence-electron chi connectivity index (χ3n) is 2.21. The summed E-state index contributed by atoms with van der Waals surface area (Å²) in [6, 6.07) is 4.68. The van der Waals surface area contributed by atoms with E-state index in [1.54, 1.807) is 6.08 Å². The molecule has 1 nitrogen and oxygen atoms in total. The first-order valence-electron chi connectivity index (χ1n) is 5.22. The van der Waals surface area contributed by atoms with E-state index in [0.29, 0.717) is 12.2 Å². The van der Waals surface area contributed by atoms with E-state index in [9.17, 15) is 13.2 Å². The number of benzene rings is 1. The van der Waals surface area contributed by atoms with E-state index in [0.717, 1.165) is 12.1 Å². The molecular weight excluding hydrogens is 229 g/mol. The summed E-state index contributed by atoms with van der Waals surface area (Å²) in [6.45, 7) is 7.31. The number of alkyl halides is 3. The second-order valence-electron chi connectivity index (χ2n) is 4.38. The Hall–Kier alpha value is -1.45. The van der Waals surface area contributed by atoms with Crippen molar-refractivity contribution < 1.29 is 17.9 Å². The van der Waals surface area contributed by atoms with E-state index in [2.05, 4.69) is 6.58 Å². The predicted molar refractivity (Wildman–Crippen MR) is 61.0 cm³/mol. The van der Waals surface area contributed by atoms with Crippen LogP contribution in [0.25, 0.3) is 0 Å². The Kier molecular flexibility index (Phi) is 3.86. The average Bonchev–Trinajstić information content (AvgIpc) is 2.16. The quantitative estimate of drug-likeness (QED) is 0.711. The zero-order valence-corrected chi connectivity index (χ0v) is 9.84. The van der Waals surface area contributed by atoms with E-state index in [4.69, 9.17) is 4.74 Å². The maximum Gasteiger partial charge on any atom is 0.416 e. The van der Waals surface area contributed by atoms with Crippen molar-refractivity contribution in [2.75, 3.05) is 0 Å². The summed E-state index contributed by atoms with van der Waals surface area (Å²) in [5, 5.41) is 0. The van der Waals surface area contributed by atoms with Crippen molar-refractivity contribution in [3.63, 3.8) is 0 Å². The van der Waals surface area contributed by atoms with Gasteiger partial charge in [-0.25, -0.2) is 0 Å². The van der Waals surface area contributed by atoms with Gasteiger partial charge in [-0.1, -0.05) is 6.08 Å². The van der Waals surface area contributed by atoms with Crippen LogP contribution in [0, 0.1) is 0 Å². The minimum absolute atomic E-state index is 0.421. The third-order valence-corrected chi connectivity index (χ3v) is 2.21. The largest absolute Gasteiger partial charge is 0.488 e. The second-order valence-corrected chi connectivity index (χ2v) is 4.38. The fraction of sp³-hybridized carbons (Fsp3) is 0.385. The predicted octanol–water partition coefficient (Wildman–Crippen LogP) is 4.44. The highest BCUT2D eigenvalue weighted by molar-refractivity contribution is 5.29. The van der Waals surface area contributed by atoms with Crippen molar-refractivity contribution in [3.05, 3.63) is 42.5 Å². The molecule has 0 amide bonds. The molecule has 0 saturated carbocycles. The van der Waals surface area contributed by atoms with Crippen LogP contribution in [0.15, 0.2) is 36.9 Å². The topological polar surface area (TPSA) is 9.23 Å². The van der Waals surface area contributed by atoms with Gasteiger partial charge in [-0.2, -0.15) is 13.2 Å². The molecule has 1 aromatic rings. The SMILES string of the molecule is C=CCC(C)(C)Oc1ccc(C(F)(F)F)cc1. The minimum Gasteiger partial charge on any atom is -0.488 e. The monoisotopic (exact) mass is 244 g/mol. The standard InChI is InChI=1S/C13H15F3O/c1-4-9-12(2,3)17-11-7-5-10(6-8-11)13(14,15)16/h4-8H,1,9H2,2-3H3. The normalized spacial score (nSPS) is 12.3. The first-order chi connectivity index (χ1) is 7.74. The van der Waals surface area contributed by atoms with Crippen molar-refractivity contribution in [2.45, 2.75) is 32.0 Å². The van der Waals surface area contributed by atoms with Gasteiger partial charge in [-0.05, 0) is 38.1 Å². The van der Waals surface area contributed by atoms with E-state index in [1.807, 2.05) is 13.8 Å². The Morgan fingerprint density at radius 3 is 2.12 bits per heavy atom. The van der Waals surface area contributed by atoms with Gasteiger partial charge in [0.2, 0.25) is 0 Å². The maximum atomic E-state index is 12.3. The maximum absolute atomic E-state index is 12.3. The van der Waals surface area contributed by atoms with Crippen molar-refractivity contribution in [1.82, 2.24) is 0 Å². The Morgan fingerprint density at radius 1 is 1.18 bits per heavy atom. The zero-order valence-electron chi connectivity index (χ0n) is 9.84. The van der Waals surface area contributed by atoms with Crippen LogP contribution in [0.4, 0.5) is 13.2 Å². The van der Waals surface area contributed by atoms with Crippen molar-refractivity contribution in [1.29, 1.82) is 0 Å². The van der Waals surface area contributed by atoms with Crippen molar-refractivity contribution in [3.8, 4) is 5.75 Å². The Bertz CT molecular complexity index is 377. The fourth-order valence-electron chi connectivity index (χ4n) is 1.42. The summed E-state index contributed by atoms with van der Waals surface area (Å²) >= 11 is 0. The van der Waals surface area contributed by atoms with Gasteiger partial charge < -0.3 is 4.74 Å². The lowest BCUT2D eigenvalue weighted by Crippen LogP contribution is -2.27. The molecule has 0 heterocycles. The molecule has 0 aliphatic heterocycles. The van der Waals surface area contributed by atoms with Crippen LogP contribution >= 0.6 is 0 Å². The molecular formula is C13H15F3O. The highest BCUT2D eigenvalue weighted by Gasteiger charge is 2.30. The molecule has 0 aliphatic carbocycles. The Labute approximate surface area is 98.9 Å². The second kappa shape index (κ2) is 4.82. The van der Waals surface area contributed by atoms with Crippen LogP contribution in [-0.4, -0.2) is 5.60 Å². The molecule has 1 aromatic carbocycles. The zero-order chi connectivity index (χ0) is 13.1. The van der Waals surface area contributed by atoms with E-state index >= 15 is 0 Å². The van der Waals surface area contributed by atoms with Crippen LogP contribution in [0.3, 0.4) is 0 Å². The van der Waals surface area contributed by atoms with Crippen LogP contribution in [0.2, 0.25) is 0 Å². The first-order valence-corrected chi connectivity index (χ1v) is 5.22. The van der Waals surface area contributed by atoms with Gasteiger partial charge in [0.05, 0.1) is 5.56 Å². The van der Waals surface area contributed by atoms with E-state index < -0.39 is 17.3 Å². The molecule has 0 aromatic heterocycles. The Balaban J connectivity index is 2.79. The summed E-state index contributed by atoms with van der Waals surface area (Å²) in [5.74, 6) is 0.421. The van der Waals surface area contributed by atoms with Gasteiger partial charge in [0.15, 0.2) is 0 Å². The number of ether oxygens (including phenoxy) is 1. The summed E-state index contributed by atoms with van der Waals surface area (Å²) in [7, 11) is 0. The lowest BCUT2D eigenvalue weighted by molar-refractivity contribution is -0.137. The van der Waals surface area contributed by atoms with Crippen molar-refractivity contribution in [2.24, 2.45) is 0 Å². The fourth-order valence-corrected chi connectivity index (χ4v) is 1.42. The van der Waals surface area contributed by atoms with Gasteiger partial charge in [0.1, 0.15) is 11.4 Å². The van der Waals surface area contributed by atoms with Gasteiger partial charge in [0.25, 0.3) is 0 Å². The molecule has 0 atom stereocenters. The Morgan fingerprint density at radius 2 is 1.71 bits per heavy atom. The van der Waals surface area contributed by atoms with E-state index in [1.165, 1.54) is 12.1 Å². The van der Waals surface area contributed by atoms with Crippen LogP contribution in [0.5, 0.6) is 5.75 Å². The molecule has 0 spiro atoms. The number of hydrogen-bond acceptors (Lipinski definition) is 1. The molecule has 0 radical (unpaired) electrons. The number of rotatable bonds is 4. The lowest BCUT2D eigenvalue weighted by atomic mass is 10.1. The minimum atomic E-state index is -4.31. The molecule has 4 heteroatoms. The van der Waals surface area contributed by atoms with Crippen LogP contribution in [0.1, 0.15) is 25.8 Å². The van der Waals surface area contributed by atoms with Crippen molar-refractivity contribution >= 4 is 0 Å². The van der Waals surface area contributed by atoms with Gasteiger partial charge in [-0.3, -0.25) is 0 Å². The summed E-state index contributed by atoms with van der Waals surface area (Å²) in [4.78, 5) is 0. The van der Waals surface area contributed by atoms with E-state index in [-0.39, 0.29) is 0 Å². The molecule has 0 N–H and O–H groups in total. The first kappa shape index (κ1) is 13.6. The summed E-state index contributed by atoms with van der Waals surface area (Å²) < 4.78 is 42.5. The van der Waals surface area contributed by atoms with Gasteiger partial charge in [-0.15, -0.1) is 6.58 Å². The lowest BCUT2D eigenvalue weighted by Gasteiger charge is -2.25. The molecule has 17 heavy (non-hydrogen) atoms. The summed E-state index contributed by atoms with van der Waals surface area (Å²) in [6.07, 6.45) is -1.98. The number of halogens is 3. The highest BCUT2D eigenvalue weighted by Crippen LogP contribution is 2.31. The van der Waals surface area contributed by atoms with Gasteiger partial charge in [0, 0.05) is 6.42 Å². The van der Waals surface area contributed by atoms with Crippen LogP contribution < -0.4 is 4.74 Å². The average molecular weight is 244 g/mol. The molecule has 0 bridgehead atoms. The summed E-state index contributed by atoms with van der Waals surface area (Å²) in [5.41, 5.74) is -1.15. The molecule has 0 unspecified atom stereocenters. The third kappa shape index (κ3) is 4.13. The molecule has 0 fully saturated rings. The molecule has 0 saturated heterocycles. The highest BCUT2D eigenvalue weighted by atomic mass is 19.4. The molecule has 1 rings (SSSR count). The molecule has 94 valence electrons. The number of hydrogen-bond donors (Lipinski definition) is 0. The molecule has 0 aliphatic rings. The smallest absolute Gasteiger partial charge is 0.416 e. The van der Waals surface area contributed by atoms with Gasteiger partial charge >= 0.3 is 6.18 Å². The van der Waals surface area contributed by atoms with Crippen LogP contribution in [-0.2, 0) is 6.18 Å².